The van der Waals surface area contributed by atoms with Crippen molar-refractivity contribution in [2.45, 2.75) is 13.5 Å². The SMILES string of the molecule is CCOC(=O)c1cn2cc(-c3ccc(CO)o3)ccc2n1. The maximum atomic E-state index is 11.7. The van der Waals surface area contributed by atoms with E-state index in [1.54, 1.807) is 35.7 Å². The first-order chi connectivity index (χ1) is 10.2. The molecule has 0 unspecified atom stereocenters. The van der Waals surface area contributed by atoms with E-state index >= 15 is 0 Å². The molecule has 0 aromatic carbocycles. The maximum Gasteiger partial charge on any atom is 0.358 e. The van der Waals surface area contributed by atoms with E-state index in [0.717, 1.165) is 5.56 Å². The summed E-state index contributed by atoms with van der Waals surface area (Å²) in [5.41, 5.74) is 1.75. The van der Waals surface area contributed by atoms with Gasteiger partial charge in [-0.25, -0.2) is 9.78 Å². The molecule has 3 rings (SSSR count). The molecule has 21 heavy (non-hydrogen) atoms. The minimum absolute atomic E-state index is 0.139. The molecule has 3 aromatic rings. The van der Waals surface area contributed by atoms with Gasteiger partial charge in [0, 0.05) is 18.0 Å². The third-order valence-corrected chi connectivity index (χ3v) is 3.04. The average molecular weight is 286 g/mol. The Morgan fingerprint density at radius 2 is 2.19 bits per heavy atom. The number of esters is 1. The molecule has 0 fully saturated rings. The Morgan fingerprint density at radius 3 is 2.90 bits per heavy atom. The van der Waals surface area contributed by atoms with Gasteiger partial charge in [-0.15, -0.1) is 0 Å². The molecule has 0 spiro atoms. The third kappa shape index (κ3) is 2.53. The topological polar surface area (TPSA) is 77.0 Å². The lowest BCUT2D eigenvalue weighted by atomic mass is 10.2. The highest BCUT2D eigenvalue weighted by Crippen LogP contribution is 2.23. The van der Waals surface area contributed by atoms with Crippen LogP contribution in [0.1, 0.15) is 23.2 Å². The summed E-state index contributed by atoms with van der Waals surface area (Å²) in [7, 11) is 0. The molecule has 0 aliphatic heterocycles. The second-order valence-electron chi connectivity index (χ2n) is 4.45. The van der Waals surface area contributed by atoms with Crippen molar-refractivity contribution in [2.75, 3.05) is 6.61 Å². The molecule has 0 radical (unpaired) electrons. The lowest BCUT2D eigenvalue weighted by Gasteiger charge is -1.98. The number of furan rings is 1. The molecule has 0 bridgehead atoms. The predicted molar refractivity (Wildman–Crippen MR) is 74.8 cm³/mol. The fourth-order valence-electron chi connectivity index (χ4n) is 2.06. The fourth-order valence-corrected chi connectivity index (χ4v) is 2.06. The quantitative estimate of drug-likeness (QED) is 0.744. The van der Waals surface area contributed by atoms with Crippen molar-refractivity contribution in [3.05, 3.63) is 48.1 Å². The number of rotatable bonds is 4. The number of nitrogens with zero attached hydrogens (tertiary/aromatic N) is 2. The van der Waals surface area contributed by atoms with Crippen molar-refractivity contribution in [1.29, 1.82) is 0 Å². The Balaban J connectivity index is 1.98. The van der Waals surface area contributed by atoms with Gasteiger partial charge in [0.25, 0.3) is 0 Å². The van der Waals surface area contributed by atoms with E-state index in [2.05, 4.69) is 4.98 Å². The number of hydrogen-bond donors (Lipinski definition) is 1. The number of fused-ring (bicyclic) bond motifs is 1. The average Bonchev–Trinajstić information content (AvgIpc) is 3.13. The van der Waals surface area contributed by atoms with Gasteiger partial charge in [0.15, 0.2) is 5.69 Å². The summed E-state index contributed by atoms with van der Waals surface area (Å²) >= 11 is 0. The lowest BCUT2D eigenvalue weighted by Crippen LogP contribution is -2.04. The zero-order valence-corrected chi connectivity index (χ0v) is 11.4. The van der Waals surface area contributed by atoms with Crippen LogP contribution in [0.15, 0.2) is 41.1 Å². The molecule has 3 aromatic heterocycles. The molecule has 0 aliphatic rings. The minimum Gasteiger partial charge on any atom is -0.461 e. The zero-order chi connectivity index (χ0) is 14.8. The third-order valence-electron chi connectivity index (χ3n) is 3.04. The Kier molecular flexibility index (Phi) is 3.45. The highest BCUT2D eigenvalue weighted by Gasteiger charge is 2.12. The smallest absolute Gasteiger partial charge is 0.358 e. The van der Waals surface area contributed by atoms with Crippen LogP contribution in [0.3, 0.4) is 0 Å². The van der Waals surface area contributed by atoms with Crippen LogP contribution in [-0.2, 0) is 11.3 Å². The molecule has 1 N–H and O–H groups in total. The van der Waals surface area contributed by atoms with Crippen LogP contribution >= 0.6 is 0 Å². The van der Waals surface area contributed by atoms with Gasteiger partial charge in [0.2, 0.25) is 0 Å². The Morgan fingerprint density at radius 1 is 1.33 bits per heavy atom. The fraction of sp³-hybridized carbons (Fsp3) is 0.200. The molecule has 0 atom stereocenters. The Hall–Kier alpha value is -2.60. The summed E-state index contributed by atoms with van der Waals surface area (Å²) in [4.78, 5) is 15.9. The number of carbonyl (C=O) groups excluding carboxylic acids is 1. The van der Waals surface area contributed by atoms with Crippen molar-refractivity contribution in [3.63, 3.8) is 0 Å². The second kappa shape index (κ2) is 5.41. The summed E-state index contributed by atoms with van der Waals surface area (Å²) < 4.78 is 12.2. The van der Waals surface area contributed by atoms with Gasteiger partial charge in [0.05, 0.1) is 6.61 Å². The van der Waals surface area contributed by atoms with E-state index in [4.69, 9.17) is 14.3 Å². The van der Waals surface area contributed by atoms with Crippen LogP contribution in [0.4, 0.5) is 0 Å². The normalized spacial score (nSPS) is 11.0. The largest absolute Gasteiger partial charge is 0.461 e. The van der Waals surface area contributed by atoms with Gasteiger partial charge in [-0.2, -0.15) is 0 Å². The van der Waals surface area contributed by atoms with Gasteiger partial charge in [-0.3, -0.25) is 0 Å². The highest BCUT2D eigenvalue weighted by molar-refractivity contribution is 5.88. The Labute approximate surface area is 120 Å². The first kappa shape index (κ1) is 13.4. The molecule has 3 heterocycles. The summed E-state index contributed by atoms with van der Waals surface area (Å²) in [6, 6.07) is 7.14. The van der Waals surface area contributed by atoms with Crippen molar-refractivity contribution < 1.29 is 19.1 Å². The van der Waals surface area contributed by atoms with Gasteiger partial charge < -0.3 is 18.7 Å². The molecule has 108 valence electrons. The van der Waals surface area contributed by atoms with Crippen LogP contribution < -0.4 is 0 Å². The number of ether oxygens (including phenoxy) is 1. The van der Waals surface area contributed by atoms with Crippen molar-refractivity contribution in [1.82, 2.24) is 9.38 Å². The van der Waals surface area contributed by atoms with Gasteiger partial charge in [-0.1, -0.05) is 0 Å². The van der Waals surface area contributed by atoms with Gasteiger partial charge >= 0.3 is 5.97 Å². The van der Waals surface area contributed by atoms with Crippen LogP contribution in [0, 0.1) is 0 Å². The standard InChI is InChI=1S/C15H14N2O4/c1-2-20-15(19)12-8-17-7-10(3-6-14(17)16-12)13-5-4-11(9-18)21-13/h3-8,18H,2,9H2,1H3. The summed E-state index contributed by atoms with van der Waals surface area (Å²) in [6.07, 6.45) is 3.43. The van der Waals surface area contributed by atoms with Crippen LogP contribution in [-0.4, -0.2) is 27.1 Å². The zero-order valence-electron chi connectivity index (χ0n) is 11.4. The molecule has 6 heteroatoms. The molecule has 0 amide bonds. The van der Waals surface area contributed by atoms with Gasteiger partial charge in [0.1, 0.15) is 23.8 Å². The summed E-state index contributed by atoms with van der Waals surface area (Å²) in [6.45, 7) is 1.93. The van der Waals surface area contributed by atoms with Gasteiger partial charge in [-0.05, 0) is 31.2 Å². The first-order valence-corrected chi connectivity index (χ1v) is 6.57. The minimum atomic E-state index is -0.441. The molecule has 6 nitrogen and oxygen atoms in total. The number of aliphatic hydroxyl groups is 1. The molecule has 0 saturated heterocycles. The Bertz CT molecular complexity index is 788. The van der Waals surface area contributed by atoms with E-state index in [-0.39, 0.29) is 12.3 Å². The monoisotopic (exact) mass is 286 g/mol. The number of aliphatic hydroxyl groups excluding tert-OH is 1. The van der Waals surface area contributed by atoms with E-state index in [9.17, 15) is 4.79 Å². The number of aromatic nitrogens is 2. The number of carbonyl (C=O) groups is 1. The van der Waals surface area contributed by atoms with E-state index in [1.807, 2.05) is 12.3 Å². The number of pyridine rings is 1. The number of imidazole rings is 1. The van der Waals surface area contributed by atoms with Crippen LogP contribution in [0.25, 0.3) is 17.0 Å². The summed E-state index contributed by atoms with van der Waals surface area (Å²) in [5, 5.41) is 9.02. The second-order valence-corrected chi connectivity index (χ2v) is 4.45. The van der Waals surface area contributed by atoms with Crippen molar-refractivity contribution >= 4 is 11.6 Å². The molecule has 0 saturated carbocycles. The highest BCUT2D eigenvalue weighted by atomic mass is 16.5. The van der Waals surface area contributed by atoms with Crippen LogP contribution in [0.2, 0.25) is 0 Å². The van der Waals surface area contributed by atoms with E-state index in [0.29, 0.717) is 23.8 Å². The number of hydrogen-bond acceptors (Lipinski definition) is 5. The van der Waals surface area contributed by atoms with E-state index < -0.39 is 5.97 Å². The molecule has 0 aliphatic carbocycles. The molecular formula is C15H14N2O4. The molecular weight excluding hydrogens is 272 g/mol. The van der Waals surface area contributed by atoms with E-state index in [1.165, 1.54) is 0 Å². The first-order valence-electron chi connectivity index (χ1n) is 6.57. The van der Waals surface area contributed by atoms with Crippen molar-refractivity contribution in [3.8, 4) is 11.3 Å². The predicted octanol–water partition coefficient (Wildman–Crippen LogP) is 2.26. The summed E-state index contributed by atoms with van der Waals surface area (Å²) in [5.74, 6) is 0.707. The maximum absolute atomic E-state index is 11.7. The van der Waals surface area contributed by atoms with Crippen molar-refractivity contribution in [2.24, 2.45) is 0 Å². The van der Waals surface area contributed by atoms with Crippen LogP contribution in [0.5, 0.6) is 0 Å². The lowest BCUT2D eigenvalue weighted by molar-refractivity contribution is 0.0520.